The average molecular weight is 303 g/mol. The van der Waals surface area contributed by atoms with Crippen molar-refractivity contribution in [3.63, 3.8) is 0 Å². The van der Waals surface area contributed by atoms with Gasteiger partial charge in [-0.1, -0.05) is 6.07 Å². The van der Waals surface area contributed by atoms with Gasteiger partial charge in [-0.3, -0.25) is 0 Å². The Balaban J connectivity index is 1.93. The van der Waals surface area contributed by atoms with Crippen molar-refractivity contribution in [3.8, 4) is 11.5 Å². The first-order chi connectivity index (χ1) is 10.6. The molecule has 2 N–H and O–H groups in total. The van der Waals surface area contributed by atoms with Gasteiger partial charge in [0.2, 0.25) is 0 Å². The molecule has 4 atom stereocenters. The number of aromatic hydroxyl groups is 1. The highest BCUT2D eigenvalue weighted by Crippen LogP contribution is 2.58. The lowest BCUT2D eigenvalue weighted by molar-refractivity contribution is -0.0403. The predicted octanol–water partition coefficient (Wildman–Crippen LogP) is 2.06. The highest BCUT2D eigenvalue weighted by Gasteiger charge is 2.56. The van der Waals surface area contributed by atoms with Crippen LogP contribution in [0.1, 0.15) is 36.8 Å². The maximum absolute atomic E-state index is 10.8. The van der Waals surface area contributed by atoms with Gasteiger partial charge in [-0.25, -0.2) is 0 Å². The van der Waals surface area contributed by atoms with Crippen molar-refractivity contribution in [2.24, 2.45) is 5.92 Å². The molecule has 2 bridgehead atoms. The number of rotatable bonds is 1. The summed E-state index contributed by atoms with van der Waals surface area (Å²) in [5, 5.41) is 21.1. The van der Waals surface area contributed by atoms with Crippen LogP contribution in [-0.4, -0.2) is 48.0 Å². The van der Waals surface area contributed by atoms with E-state index >= 15 is 0 Å². The summed E-state index contributed by atoms with van der Waals surface area (Å²) >= 11 is 0. The number of fused-ring (bicyclic) bond motifs is 1. The van der Waals surface area contributed by atoms with Gasteiger partial charge in [-0.15, -0.1) is 0 Å². The molecule has 4 rings (SSSR count). The number of phenols is 1. The molecule has 22 heavy (non-hydrogen) atoms. The molecular formula is C18H25NO3. The number of aliphatic hydroxyl groups excluding tert-OH is 1. The van der Waals surface area contributed by atoms with Crippen molar-refractivity contribution in [2.75, 3.05) is 20.7 Å². The zero-order valence-corrected chi connectivity index (χ0v) is 13.4. The molecule has 120 valence electrons. The molecule has 3 aliphatic rings. The van der Waals surface area contributed by atoms with Crippen LogP contribution in [0.3, 0.4) is 0 Å². The topological polar surface area (TPSA) is 52.9 Å². The Labute approximate surface area is 131 Å². The third kappa shape index (κ3) is 1.77. The van der Waals surface area contributed by atoms with E-state index in [2.05, 4.69) is 18.0 Å². The van der Waals surface area contributed by atoms with Crippen LogP contribution in [0, 0.1) is 5.92 Å². The molecule has 1 saturated carbocycles. The lowest BCUT2D eigenvalue weighted by atomic mass is 9.51. The van der Waals surface area contributed by atoms with Gasteiger partial charge in [-0.05, 0) is 63.2 Å². The number of ether oxygens (including phenoxy) is 1. The minimum absolute atomic E-state index is 0.0823. The van der Waals surface area contributed by atoms with Crippen molar-refractivity contribution >= 4 is 0 Å². The molecule has 1 aromatic carbocycles. The normalized spacial score (nSPS) is 37.3. The van der Waals surface area contributed by atoms with Crippen LogP contribution in [0.15, 0.2) is 12.1 Å². The minimum atomic E-state index is -0.253. The summed E-state index contributed by atoms with van der Waals surface area (Å²) in [6.07, 6.45) is 4.46. The van der Waals surface area contributed by atoms with Gasteiger partial charge in [0, 0.05) is 17.0 Å². The fraction of sp³-hybridized carbons (Fsp3) is 0.667. The molecule has 1 aliphatic heterocycles. The smallest absolute Gasteiger partial charge is 0.161 e. The van der Waals surface area contributed by atoms with Crippen molar-refractivity contribution in [1.29, 1.82) is 0 Å². The molecule has 1 saturated heterocycles. The Morgan fingerprint density at radius 1 is 1.32 bits per heavy atom. The lowest BCUT2D eigenvalue weighted by Gasteiger charge is -2.59. The van der Waals surface area contributed by atoms with Crippen LogP contribution in [0.4, 0.5) is 0 Å². The minimum Gasteiger partial charge on any atom is -0.504 e. The van der Waals surface area contributed by atoms with Gasteiger partial charge in [-0.2, -0.15) is 0 Å². The monoisotopic (exact) mass is 303 g/mol. The van der Waals surface area contributed by atoms with Gasteiger partial charge in [0.05, 0.1) is 13.2 Å². The van der Waals surface area contributed by atoms with E-state index in [-0.39, 0.29) is 11.5 Å². The Bertz CT molecular complexity index is 602. The van der Waals surface area contributed by atoms with E-state index in [1.54, 1.807) is 7.11 Å². The highest BCUT2D eigenvalue weighted by atomic mass is 16.5. The molecule has 1 heterocycles. The summed E-state index contributed by atoms with van der Waals surface area (Å²) in [6.45, 7) is 1.03. The van der Waals surface area contributed by atoms with Gasteiger partial charge in [0.1, 0.15) is 0 Å². The first-order valence-corrected chi connectivity index (χ1v) is 8.34. The molecule has 0 radical (unpaired) electrons. The molecular weight excluding hydrogens is 278 g/mol. The Hall–Kier alpha value is -1.26. The number of benzene rings is 1. The summed E-state index contributed by atoms with van der Waals surface area (Å²) in [5.41, 5.74) is 2.22. The van der Waals surface area contributed by atoms with Gasteiger partial charge in [0.25, 0.3) is 0 Å². The maximum Gasteiger partial charge on any atom is 0.161 e. The molecule has 4 nitrogen and oxygen atoms in total. The van der Waals surface area contributed by atoms with Crippen molar-refractivity contribution in [3.05, 3.63) is 23.3 Å². The Morgan fingerprint density at radius 2 is 2.14 bits per heavy atom. The van der Waals surface area contributed by atoms with Gasteiger partial charge in [0.15, 0.2) is 11.5 Å². The van der Waals surface area contributed by atoms with E-state index < -0.39 is 0 Å². The van der Waals surface area contributed by atoms with Crippen molar-refractivity contribution < 1.29 is 14.9 Å². The van der Waals surface area contributed by atoms with Crippen LogP contribution in [-0.2, 0) is 11.8 Å². The number of piperidine rings is 1. The third-order valence-corrected chi connectivity index (χ3v) is 6.44. The second kappa shape index (κ2) is 4.87. The zero-order valence-electron chi connectivity index (χ0n) is 13.4. The maximum atomic E-state index is 10.8. The van der Waals surface area contributed by atoms with Crippen LogP contribution in [0.2, 0.25) is 0 Å². The van der Waals surface area contributed by atoms with Crippen LogP contribution in [0.5, 0.6) is 11.5 Å². The first-order valence-electron chi connectivity index (χ1n) is 8.34. The van der Waals surface area contributed by atoms with E-state index in [9.17, 15) is 10.2 Å². The first kappa shape index (κ1) is 14.3. The third-order valence-electron chi connectivity index (χ3n) is 6.44. The van der Waals surface area contributed by atoms with E-state index in [1.165, 1.54) is 5.56 Å². The SMILES string of the molecule is COc1ccc2c(c1O)[C@@]13CCN(C)[C@@H](C2)[C@@H]1CCC(O)C3. The summed E-state index contributed by atoms with van der Waals surface area (Å²) in [4.78, 5) is 2.48. The average Bonchev–Trinajstić information content (AvgIpc) is 2.50. The van der Waals surface area contributed by atoms with E-state index in [0.717, 1.165) is 44.2 Å². The number of hydrogen-bond donors (Lipinski definition) is 2. The second-order valence-electron chi connectivity index (χ2n) is 7.35. The predicted molar refractivity (Wildman–Crippen MR) is 84.4 cm³/mol. The molecule has 1 aromatic rings. The van der Waals surface area contributed by atoms with Crippen LogP contribution in [0.25, 0.3) is 0 Å². The van der Waals surface area contributed by atoms with Crippen LogP contribution < -0.4 is 4.74 Å². The number of likely N-dealkylation sites (tertiary alicyclic amines) is 1. The highest BCUT2D eigenvalue weighted by molar-refractivity contribution is 5.56. The van der Waals surface area contributed by atoms with Gasteiger partial charge >= 0.3 is 0 Å². The fourth-order valence-electron chi connectivity index (χ4n) is 5.46. The summed E-state index contributed by atoms with van der Waals surface area (Å²) < 4.78 is 5.35. The second-order valence-corrected chi connectivity index (χ2v) is 7.35. The molecule has 1 unspecified atom stereocenters. The summed E-state index contributed by atoms with van der Waals surface area (Å²) in [6, 6.07) is 4.51. The number of aliphatic hydroxyl groups is 1. The Kier molecular flexibility index (Phi) is 3.17. The molecule has 0 spiro atoms. The molecule has 0 aromatic heterocycles. The standard InChI is InChI=1S/C18H25NO3/c1-19-8-7-18-10-12(20)4-5-13(18)14(19)9-11-3-6-15(22-2)17(21)16(11)18/h3,6,12-14,20-21H,4-5,7-10H2,1-2H3/t12?,13-,14-,18+/m0/s1. The molecule has 2 aliphatic carbocycles. The number of hydrogen-bond acceptors (Lipinski definition) is 4. The number of methoxy groups -OCH3 is 1. The number of likely N-dealkylation sites (N-methyl/N-ethyl adjacent to an activating group) is 1. The molecule has 4 heteroatoms. The van der Waals surface area contributed by atoms with Gasteiger partial charge < -0.3 is 19.8 Å². The van der Waals surface area contributed by atoms with E-state index in [1.807, 2.05) is 6.07 Å². The largest absolute Gasteiger partial charge is 0.504 e. The fourth-order valence-corrected chi connectivity index (χ4v) is 5.46. The number of phenolic OH excluding ortho intramolecular Hbond substituents is 1. The summed E-state index contributed by atoms with van der Waals surface area (Å²) in [7, 11) is 3.82. The van der Waals surface area contributed by atoms with E-state index in [4.69, 9.17) is 4.74 Å². The zero-order chi connectivity index (χ0) is 15.5. The molecule has 0 amide bonds. The van der Waals surface area contributed by atoms with E-state index in [0.29, 0.717) is 23.5 Å². The molecule has 2 fully saturated rings. The van der Waals surface area contributed by atoms with Crippen LogP contribution >= 0.6 is 0 Å². The Morgan fingerprint density at radius 3 is 2.91 bits per heavy atom. The number of nitrogens with zero attached hydrogens (tertiary/aromatic N) is 1. The quantitative estimate of drug-likeness (QED) is 0.834. The van der Waals surface area contributed by atoms with Crippen molar-refractivity contribution in [2.45, 2.75) is 49.7 Å². The summed E-state index contributed by atoms with van der Waals surface area (Å²) in [5.74, 6) is 1.39. The van der Waals surface area contributed by atoms with Crippen molar-refractivity contribution in [1.82, 2.24) is 4.90 Å². The lowest BCUT2D eigenvalue weighted by Crippen LogP contribution is -2.61.